The Morgan fingerprint density at radius 3 is 2.00 bits per heavy atom. The van der Waals surface area contributed by atoms with Gasteiger partial charge in [0.15, 0.2) is 0 Å². The van der Waals surface area contributed by atoms with Gasteiger partial charge >= 0.3 is 0 Å². The van der Waals surface area contributed by atoms with E-state index in [0.29, 0.717) is 0 Å². The number of anilines is 3. The van der Waals surface area contributed by atoms with E-state index in [-0.39, 0.29) is 0 Å². The molecule has 0 saturated heterocycles. The molecule has 3 aromatic heterocycles. The standard InChI is InChI=1S/C45H28N2OS/c1-2-9-36-30(7-1)8-5-11-37(36)31-16-21-34(22-17-31)47(35-23-24-42-39(28-35)38-10-3-4-12-41(38)48-42)33-19-14-29(15-20-33)32-18-25-43-40(27-32)45-44(49-43)13-6-26-46-45/h1-28H. The normalized spacial score (nSPS) is 11.7. The SMILES string of the molecule is c1ccc2c(-c3ccc(N(c4ccc(-c5ccc6sc7cccnc7c6c5)cc4)c4ccc5oc6ccccc6c5c4)cc3)cccc2c1. The van der Waals surface area contributed by atoms with Crippen LogP contribution in [0.5, 0.6) is 0 Å². The quantitative estimate of drug-likeness (QED) is 0.187. The fourth-order valence-corrected chi connectivity index (χ4v) is 8.19. The van der Waals surface area contributed by atoms with Gasteiger partial charge in [0.25, 0.3) is 0 Å². The predicted molar refractivity (Wildman–Crippen MR) is 207 cm³/mol. The molecule has 0 atom stereocenters. The first-order valence-electron chi connectivity index (χ1n) is 16.4. The molecule has 10 rings (SSSR count). The summed E-state index contributed by atoms with van der Waals surface area (Å²) >= 11 is 1.79. The van der Waals surface area contributed by atoms with Crippen molar-refractivity contribution in [3.63, 3.8) is 0 Å². The highest BCUT2D eigenvalue weighted by Gasteiger charge is 2.17. The average molecular weight is 645 g/mol. The molecule has 4 heteroatoms. The molecule has 0 spiro atoms. The van der Waals surface area contributed by atoms with Crippen LogP contribution in [-0.2, 0) is 0 Å². The van der Waals surface area contributed by atoms with Crippen molar-refractivity contribution in [3.05, 3.63) is 170 Å². The summed E-state index contributed by atoms with van der Waals surface area (Å²) in [5.41, 5.74) is 10.9. The molecule has 3 heterocycles. The van der Waals surface area contributed by atoms with Crippen LogP contribution >= 0.6 is 11.3 Å². The number of fused-ring (bicyclic) bond motifs is 7. The Hall–Kier alpha value is -6.23. The summed E-state index contributed by atoms with van der Waals surface area (Å²) in [5, 5.41) is 5.93. The molecule has 0 radical (unpaired) electrons. The molecule has 10 aromatic rings. The Labute approximate surface area is 286 Å². The Morgan fingerprint density at radius 1 is 0.449 bits per heavy atom. The maximum absolute atomic E-state index is 6.19. The fourth-order valence-electron chi connectivity index (χ4n) is 7.15. The third-order valence-corrected chi connectivity index (χ3v) is 10.7. The smallest absolute Gasteiger partial charge is 0.135 e. The van der Waals surface area contributed by atoms with Crippen molar-refractivity contribution in [1.29, 1.82) is 0 Å². The van der Waals surface area contributed by atoms with Crippen molar-refractivity contribution in [1.82, 2.24) is 4.98 Å². The molecule has 0 unspecified atom stereocenters. The van der Waals surface area contributed by atoms with E-state index in [4.69, 9.17) is 4.42 Å². The van der Waals surface area contributed by atoms with Gasteiger partial charge in [0.1, 0.15) is 11.2 Å². The molecule has 0 aliphatic heterocycles. The zero-order valence-corrected chi connectivity index (χ0v) is 27.2. The average Bonchev–Trinajstić information content (AvgIpc) is 3.73. The highest BCUT2D eigenvalue weighted by molar-refractivity contribution is 7.25. The van der Waals surface area contributed by atoms with Crippen LogP contribution in [-0.4, -0.2) is 4.98 Å². The summed E-state index contributed by atoms with van der Waals surface area (Å²) in [6.45, 7) is 0. The molecule has 7 aromatic carbocycles. The highest BCUT2D eigenvalue weighted by atomic mass is 32.1. The third-order valence-electron chi connectivity index (χ3n) is 9.53. The summed E-state index contributed by atoms with van der Waals surface area (Å²) in [5.74, 6) is 0. The molecule has 0 fully saturated rings. The summed E-state index contributed by atoms with van der Waals surface area (Å²) in [6.07, 6.45) is 1.88. The lowest BCUT2D eigenvalue weighted by atomic mass is 9.98. The first-order valence-corrected chi connectivity index (χ1v) is 17.3. The predicted octanol–water partition coefficient (Wildman–Crippen LogP) is 13.3. The zero-order valence-electron chi connectivity index (χ0n) is 26.4. The monoisotopic (exact) mass is 644 g/mol. The minimum Gasteiger partial charge on any atom is -0.456 e. The minimum atomic E-state index is 0.886. The topological polar surface area (TPSA) is 29.3 Å². The van der Waals surface area contributed by atoms with Crippen LogP contribution in [0.1, 0.15) is 0 Å². The number of hydrogen-bond acceptors (Lipinski definition) is 4. The van der Waals surface area contributed by atoms with E-state index in [9.17, 15) is 0 Å². The van der Waals surface area contributed by atoms with Gasteiger partial charge in [-0.2, -0.15) is 0 Å². The third kappa shape index (κ3) is 4.68. The Kier molecular flexibility index (Phi) is 6.36. The number of benzene rings is 7. The lowest BCUT2D eigenvalue weighted by Gasteiger charge is -2.26. The number of thiophene rings is 1. The summed E-state index contributed by atoms with van der Waals surface area (Å²) in [7, 11) is 0. The largest absolute Gasteiger partial charge is 0.456 e. The molecule has 0 amide bonds. The number of rotatable bonds is 5. The number of hydrogen-bond donors (Lipinski definition) is 0. The van der Waals surface area contributed by atoms with E-state index in [1.165, 1.54) is 47.8 Å². The lowest BCUT2D eigenvalue weighted by Crippen LogP contribution is -2.09. The van der Waals surface area contributed by atoms with E-state index in [0.717, 1.165) is 44.5 Å². The summed E-state index contributed by atoms with van der Waals surface area (Å²) in [6, 6.07) is 58.5. The number of para-hydroxylation sites is 1. The van der Waals surface area contributed by atoms with Gasteiger partial charge < -0.3 is 9.32 Å². The second kappa shape index (κ2) is 11.2. The van der Waals surface area contributed by atoms with Crippen molar-refractivity contribution in [3.8, 4) is 22.3 Å². The highest BCUT2D eigenvalue weighted by Crippen LogP contribution is 2.41. The molecule has 230 valence electrons. The number of pyridine rings is 1. The molecule has 3 nitrogen and oxygen atoms in total. The molecule has 49 heavy (non-hydrogen) atoms. The molecule has 0 aliphatic carbocycles. The zero-order chi connectivity index (χ0) is 32.3. The maximum Gasteiger partial charge on any atom is 0.135 e. The van der Waals surface area contributed by atoms with Crippen LogP contribution in [0, 0.1) is 0 Å². The van der Waals surface area contributed by atoms with Gasteiger partial charge in [-0.05, 0) is 106 Å². The summed E-state index contributed by atoms with van der Waals surface area (Å²) < 4.78 is 8.67. The van der Waals surface area contributed by atoms with Crippen LogP contribution in [0.15, 0.2) is 174 Å². The van der Waals surface area contributed by atoms with Crippen LogP contribution in [0.3, 0.4) is 0 Å². The van der Waals surface area contributed by atoms with Crippen molar-refractivity contribution >= 4 is 81.4 Å². The van der Waals surface area contributed by atoms with Gasteiger partial charge in [-0.25, -0.2) is 0 Å². The van der Waals surface area contributed by atoms with E-state index in [1.54, 1.807) is 11.3 Å². The fraction of sp³-hybridized carbons (Fsp3) is 0. The van der Waals surface area contributed by atoms with Gasteiger partial charge in [-0.15, -0.1) is 11.3 Å². The maximum atomic E-state index is 6.19. The van der Waals surface area contributed by atoms with E-state index in [1.807, 2.05) is 24.4 Å². The van der Waals surface area contributed by atoms with Crippen LogP contribution in [0.4, 0.5) is 17.1 Å². The molecule has 0 N–H and O–H groups in total. The second-order valence-electron chi connectivity index (χ2n) is 12.4. The van der Waals surface area contributed by atoms with E-state index in [2.05, 4.69) is 155 Å². The van der Waals surface area contributed by atoms with Gasteiger partial charge in [0, 0.05) is 44.1 Å². The lowest BCUT2D eigenvalue weighted by molar-refractivity contribution is 0.669. The second-order valence-corrected chi connectivity index (χ2v) is 13.5. The number of furan rings is 1. The van der Waals surface area contributed by atoms with Gasteiger partial charge in [-0.3, -0.25) is 4.98 Å². The van der Waals surface area contributed by atoms with Crippen LogP contribution in [0.2, 0.25) is 0 Å². The molecule has 0 aliphatic rings. The number of aromatic nitrogens is 1. The Balaban J connectivity index is 1.08. The first kappa shape index (κ1) is 27.8. The van der Waals surface area contributed by atoms with Gasteiger partial charge in [0.05, 0.1) is 10.2 Å². The Morgan fingerprint density at radius 2 is 1.14 bits per heavy atom. The van der Waals surface area contributed by atoms with Crippen LogP contribution < -0.4 is 4.90 Å². The summed E-state index contributed by atoms with van der Waals surface area (Å²) in [4.78, 5) is 7.01. The first-order chi connectivity index (χ1) is 24.3. The Bertz CT molecular complexity index is 2820. The van der Waals surface area contributed by atoms with Crippen molar-refractivity contribution in [2.75, 3.05) is 4.90 Å². The molecule has 0 saturated carbocycles. The van der Waals surface area contributed by atoms with E-state index >= 15 is 0 Å². The van der Waals surface area contributed by atoms with Crippen LogP contribution in [0.25, 0.3) is 75.3 Å². The van der Waals surface area contributed by atoms with Gasteiger partial charge in [-0.1, -0.05) is 91.0 Å². The molecule has 0 bridgehead atoms. The van der Waals surface area contributed by atoms with Gasteiger partial charge in [0.2, 0.25) is 0 Å². The van der Waals surface area contributed by atoms with E-state index < -0.39 is 0 Å². The molecular formula is C45H28N2OS. The van der Waals surface area contributed by atoms with Crippen molar-refractivity contribution in [2.45, 2.75) is 0 Å². The van der Waals surface area contributed by atoms with Crippen molar-refractivity contribution in [2.24, 2.45) is 0 Å². The van der Waals surface area contributed by atoms with Crippen molar-refractivity contribution < 1.29 is 4.42 Å². The molecular weight excluding hydrogens is 617 g/mol. The minimum absolute atomic E-state index is 0.886. The number of nitrogens with zero attached hydrogens (tertiary/aromatic N) is 2.